The highest BCUT2D eigenvalue weighted by molar-refractivity contribution is 6.43. The molecular formula is C37H36Cl2FN5O2. The molecule has 3 saturated heterocycles. The van der Waals surface area contributed by atoms with Crippen LogP contribution in [-0.2, 0) is 16.0 Å². The minimum Gasteiger partial charge on any atom is -0.381 e. The third-order valence-corrected chi connectivity index (χ3v) is 12.7. The molecule has 6 aliphatic rings. The number of carbonyl (C=O) groups excluding carboxylic acids is 1. The first kappa shape index (κ1) is 29.9. The number of ether oxygens (including phenoxy) is 1. The first-order valence-corrected chi connectivity index (χ1v) is 17.6. The van der Waals surface area contributed by atoms with Gasteiger partial charge in [0.25, 0.3) is 0 Å². The second-order valence-corrected chi connectivity index (χ2v) is 15.1. The van der Waals surface area contributed by atoms with E-state index in [-0.39, 0.29) is 58.9 Å². The number of likely N-dealkylation sites (tertiary alicyclic amines) is 1. The predicted octanol–water partition coefficient (Wildman–Crippen LogP) is 7.69. The Balaban J connectivity index is 1.33. The lowest BCUT2D eigenvalue weighted by molar-refractivity contribution is -0.139. The fraction of sp³-hybridized carbons (Fsp3) is 0.486. The van der Waals surface area contributed by atoms with Crippen LogP contribution in [0.2, 0.25) is 10.0 Å². The monoisotopic (exact) mass is 671 g/mol. The molecule has 4 bridgehead atoms. The van der Waals surface area contributed by atoms with Gasteiger partial charge in [0.2, 0.25) is 5.91 Å². The maximum atomic E-state index is 17.1. The summed E-state index contributed by atoms with van der Waals surface area (Å²) in [6.07, 6.45) is 5.51. The average Bonchev–Trinajstić information content (AvgIpc) is 3.46. The largest absolute Gasteiger partial charge is 0.381 e. The number of nitriles is 1. The van der Waals surface area contributed by atoms with Crippen molar-refractivity contribution in [3.05, 3.63) is 63.1 Å². The van der Waals surface area contributed by atoms with Crippen molar-refractivity contribution in [2.24, 2.45) is 17.8 Å². The van der Waals surface area contributed by atoms with Crippen LogP contribution >= 0.6 is 23.2 Å². The van der Waals surface area contributed by atoms with Crippen molar-refractivity contribution in [3.63, 3.8) is 0 Å². The predicted molar refractivity (Wildman–Crippen MR) is 180 cm³/mol. The van der Waals surface area contributed by atoms with Crippen molar-refractivity contribution < 1.29 is 13.9 Å². The summed E-state index contributed by atoms with van der Waals surface area (Å²) in [6.45, 7) is 2.89. The molecule has 10 heteroatoms. The molecule has 2 aromatic heterocycles. The van der Waals surface area contributed by atoms with Crippen LogP contribution in [0.3, 0.4) is 0 Å². The molecule has 3 aliphatic carbocycles. The first-order chi connectivity index (χ1) is 22.8. The van der Waals surface area contributed by atoms with E-state index < -0.39 is 5.82 Å². The maximum Gasteiger partial charge on any atom is 0.226 e. The second-order valence-electron chi connectivity index (χ2n) is 14.3. The van der Waals surface area contributed by atoms with E-state index in [4.69, 9.17) is 32.9 Å². The Morgan fingerprint density at radius 1 is 1.19 bits per heavy atom. The number of pyridine rings is 1. The number of aromatic nitrogens is 2. The zero-order valence-electron chi connectivity index (χ0n) is 26.4. The lowest BCUT2D eigenvalue weighted by atomic mass is 9.79. The van der Waals surface area contributed by atoms with Gasteiger partial charge >= 0.3 is 0 Å². The van der Waals surface area contributed by atoms with Crippen LogP contribution in [0, 0.1) is 41.8 Å². The highest BCUT2D eigenvalue weighted by atomic mass is 35.5. The van der Waals surface area contributed by atoms with Crippen molar-refractivity contribution >= 4 is 50.9 Å². The Morgan fingerprint density at radius 2 is 2.02 bits per heavy atom. The van der Waals surface area contributed by atoms with Crippen molar-refractivity contribution in [2.75, 3.05) is 13.7 Å². The molecule has 6 fully saturated rings. The number of hydrogen-bond donors (Lipinski definition) is 1. The van der Waals surface area contributed by atoms with Crippen LogP contribution in [0.5, 0.6) is 0 Å². The van der Waals surface area contributed by atoms with E-state index in [2.05, 4.69) is 26.9 Å². The van der Waals surface area contributed by atoms with Gasteiger partial charge in [-0.25, -0.2) is 9.37 Å². The number of hydrogen-bond acceptors (Lipinski definition) is 5. The summed E-state index contributed by atoms with van der Waals surface area (Å²) in [5.41, 5.74) is 4.62. The van der Waals surface area contributed by atoms with Crippen LogP contribution in [0.1, 0.15) is 67.6 Å². The molecule has 7 nitrogen and oxygen atoms in total. The summed E-state index contributed by atoms with van der Waals surface area (Å²) < 4.78 is 25.6. The lowest BCUT2D eigenvalue weighted by Gasteiger charge is -2.43. The smallest absolute Gasteiger partial charge is 0.226 e. The highest BCUT2D eigenvalue weighted by Gasteiger charge is 2.58. The van der Waals surface area contributed by atoms with Gasteiger partial charge in [0.15, 0.2) is 5.82 Å². The standard InChI is InChI=1S/C37H36Cl2FN5O2/c1-17-23-15-28(36-24-13-21(14-29(24)47-2)44(36)37(46)18-8-9-18)45(34-20-12-27(34)42-16-20)35(23)25-11-19(5-4-10-41)30(32(40)33(25)43-17)22-6-3-7-26(38)31(22)39/h3,6-7,11,15,18,20-21,24,27,29,34,36,42H,4-5,8-9,12-14,16H2,1-2H3/t20-,21-,24+,27-,29+,34+,36-/m1/s1. The third kappa shape index (κ3) is 4.29. The van der Waals surface area contributed by atoms with E-state index >= 15 is 4.39 Å². The summed E-state index contributed by atoms with van der Waals surface area (Å²) >= 11 is 13.1. The fourth-order valence-corrected chi connectivity index (χ4v) is 9.95. The molecule has 2 aromatic carbocycles. The minimum atomic E-state index is -0.460. The molecular weight excluding hydrogens is 636 g/mol. The normalized spacial score (nSPS) is 29.2. The van der Waals surface area contributed by atoms with E-state index in [9.17, 15) is 10.1 Å². The number of methoxy groups -OCH3 is 1. The van der Waals surface area contributed by atoms with Gasteiger partial charge in [0.05, 0.1) is 39.8 Å². The summed E-state index contributed by atoms with van der Waals surface area (Å²) in [4.78, 5) is 21.1. The first-order valence-electron chi connectivity index (χ1n) is 16.9. The topological polar surface area (TPSA) is 83.2 Å². The number of fused-ring (bicyclic) bond motifs is 6. The van der Waals surface area contributed by atoms with Gasteiger partial charge in [-0.05, 0) is 75.1 Å². The molecule has 3 aliphatic heterocycles. The Morgan fingerprint density at radius 3 is 2.72 bits per heavy atom. The summed E-state index contributed by atoms with van der Waals surface area (Å²) in [6, 6.07) is 12.3. The fourth-order valence-electron chi connectivity index (χ4n) is 9.56. The van der Waals surface area contributed by atoms with Crippen molar-refractivity contribution in [3.8, 4) is 17.2 Å². The van der Waals surface area contributed by atoms with E-state index in [1.807, 2.05) is 13.0 Å². The quantitative estimate of drug-likeness (QED) is 0.218. The van der Waals surface area contributed by atoms with E-state index in [1.54, 1.807) is 25.3 Å². The van der Waals surface area contributed by atoms with Gasteiger partial charge in [0, 0.05) is 77.3 Å². The Kier molecular flexibility index (Phi) is 6.93. The summed E-state index contributed by atoms with van der Waals surface area (Å²) in [7, 11) is 1.79. The molecule has 1 N–H and O–H groups in total. The molecule has 0 radical (unpaired) electrons. The molecule has 47 heavy (non-hydrogen) atoms. The van der Waals surface area contributed by atoms with Gasteiger partial charge in [-0.1, -0.05) is 35.3 Å². The number of nitrogens with one attached hydrogen (secondary N) is 1. The maximum absolute atomic E-state index is 17.1. The molecule has 3 saturated carbocycles. The van der Waals surface area contributed by atoms with Crippen LogP contribution in [0.25, 0.3) is 32.9 Å². The number of benzene rings is 2. The molecule has 7 atom stereocenters. The lowest BCUT2D eigenvalue weighted by Crippen LogP contribution is -2.47. The molecule has 242 valence electrons. The summed E-state index contributed by atoms with van der Waals surface area (Å²) in [5, 5.41) is 15.6. The molecule has 10 rings (SSSR count). The van der Waals surface area contributed by atoms with Crippen molar-refractivity contribution in [2.45, 2.75) is 82.1 Å². The number of halogens is 3. The SMILES string of the molecule is CO[C@H]1C[C@H]2C[C@@H]1[C@H](c1cc3c(C)nc4c(F)c(-c5cccc(Cl)c5Cl)c(CCC#N)cc4c3n1[C@H]1[C@H]3CN[C@@H]1C3)N2C(=O)C1CC1. The Labute approximate surface area is 283 Å². The zero-order valence-corrected chi connectivity index (χ0v) is 27.9. The highest BCUT2D eigenvalue weighted by Crippen LogP contribution is 2.56. The van der Waals surface area contributed by atoms with Crippen LogP contribution in [-0.4, -0.2) is 52.2 Å². The Hall–Kier alpha value is -3.22. The number of piperidine rings is 1. The molecule has 4 aromatic rings. The van der Waals surface area contributed by atoms with Gasteiger partial charge in [-0.2, -0.15) is 5.26 Å². The van der Waals surface area contributed by atoms with Crippen LogP contribution in [0.4, 0.5) is 4.39 Å². The van der Waals surface area contributed by atoms with Gasteiger partial charge in [0.1, 0.15) is 5.52 Å². The van der Waals surface area contributed by atoms with E-state index in [0.717, 1.165) is 66.3 Å². The minimum absolute atomic E-state index is 0.0898. The van der Waals surface area contributed by atoms with Gasteiger partial charge in [-0.15, -0.1) is 0 Å². The zero-order chi connectivity index (χ0) is 32.3. The van der Waals surface area contributed by atoms with Gasteiger partial charge < -0.3 is 19.5 Å². The average molecular weight is 673 g/mol. The molecule has 5 heterocycles. The van der Waals surface area contributed by atoms with Crippen LogP contribution in [0.15, 0.2) is 30.3 Å². The number of amides is 1. The van der Waals surface area contributed by atoms with Crippen molar-refractivity contribution in [1.82, 2.24) is 19.8 Å². The van der Waals surface area contributed by atoms with Crippen molar-refractivity contribution in [1.29, 1.82) is 5.26 Å². The number of rotatable bonds is 7. The number of aryl methyl sites for hydroxylation is 2. The van der Waals surface area contributed by atoms with E-state index in [0.29, 0.717) is 40.1 Å². The number of nitrogens with zero attached hydrogens (tertiary/aromatic N) is 4. The summed E-state index contributed by atoms with van der Waals surface area (Å²) in [5.74, 6) is 0.583. The van der Waals surface area contributed by atoms with Gasteiger partial charge in [-0.3, -0.25) is 4.79 Å². The molecule has 1 amide bonds. The molecule has 0 spiro atoms. The van der Waals surface area contributed by atoms with E-state index in [1.165, 1.54) is 0 Å². The Bertz CT molecular complexity index is 2020. The molecule has 0 unspecified atom stereocenters. The number of carbonyl (C=O) groups is 1. The second kappa shape index (κ2) is 10.9. The van der Waals surface area contributed by atoms with Crippen LogP contribution < -0.4 is 5.32 Å². The third-order valence-electron chi connectivity index (χ3n) is 11.8.